The summed E-state index contributed by atoms with van der Waals surface area (Å²) in [4.78, 5) is 35.6. The van der Waals surface area contributed by atoms with Gasteiger partial charge in [-0.3, -0.25) is 19.6 Å². The second kappa shape index (κ2) is 7.45. The van der Waals surface area contributed by atoms with Crippen molar-refractivity contribution in [2.45, 2.75) is 64.1 Å². The predicted molar refractivity (Wildman–Crippen MR) is 115 cm³/mol. The van der Waals surface area contributed by atoms with Crippen LogP contribution in [0.4, 0.5) is 0 Å². The second-order valence-corrected chi connectivity index (χ2v) is 9.82. The van der Waals surface area contributed by atoms with Crippen molar-refractivity contribution in [2.24, 2.45) is 11.8 Å². The Morgan fingerprint density at radius 2 is 2.03 bits per heavy atom. The first-order valence-corrected chi connectivity index (χ1v) is 11.9. The van der Waals surface area contributed by atoms with Crippen LogP contribution in [0.1, 0.15) is 62.0 Å². The molecule has 0 spiro atoms. The minimum Gasteiger partial charge on any atom is -0.381 e. The van der Waals surface area contributed by atoms with Crippen LogP contribution < -0.4 is 5.56 Å². The number of likely N-dealkylation sites (tertiary alicyclic amines) is 1. The van der Waals surface area contributed by atoms with Gasteiger partial charge >= 0.3 is 0 Å². The van der Waals surface area contributed by atoms with Gasteiger partial charge in [0.2, 0.25) is 5.91 Å². The summed E-state index contributed by atoms with van der Waals surface area (Å²) in [5.74, 6) is 0.973. The van der Waals surface area contributed by atoms with Crippen LogP contribution in [0, 0.1) is 11.8 Å². The van der Waals surface area contributed by atoms with E-state index < -0.39 is 0 Å². The number of H-pyrrole nitrogens is 1. The first-order chi connectivity index (χ1) is 15.1. The maximum atomic E-state index is 13.4. The smallest absolute Gasteiger partial charge is 0.277 e. The molecular weight excluding hydrogens is 394 g/mol. The molecule has 3 unspecified atom stereocenters. The number of aromatic amines is 1. The van der Waals surface area contributed by atoms with Gasteiger partial charge in [-0.15, -0.1) is 0 Å². The van der Waals surface area contributed by atoms with E-state index in [4.69, 9.17) is 9.72 Å². The molecule has 2 aromatic rings. The van der Waals surface area contributed by atoms with Gasteiger partial charge in [0.25, 0.3) is 5.56 Å². The SMILES string of the molecule is CC1CC1C(=O)N1CCCC1c1cc2nc3c(c(=O)n2[nH]1)CN(C1CCOCC1)CC3. The van der Waals surface area contributed by atoms with Gasteiger partial charge in [0.1, 0.15) is 0 Å². The number of nitrogens with zero attached hydrogens (tertiary/aromatic N) is 4. The van der Waals surface area contributed by atoms with Gasteiger partial charge in [0, 0.05) is 57.3 Å². The van der Waals surface area contributed by atoms with Gasteiger partial charge in [-0.1, -0.05) is 6.92 Å². The van der Waals surface area contributed by atoms with E-state index in [2.05, 4.69) is 16.9 Å². The third-order valence-corrected chi connectivity index (χ3v) is 7.84. The average Bonchev–Trinajstić information content (AvgIpc) is 3.18. The largest absolute Gasteiger partial charge is 0.381 e. The fraction of sp³-hybridized carbons (Fsp3) is 0.696. The van der Waals surface area contributed by atoms with Gasteiger partial charge in [-0.2, -0.15) is 0 Å². The lowest BCUT2D eigenvalue weighted by atomic mass is 10.0. The molecular formula is C23H31N5O3. The van der Waals surface area contributed by atoms with Crippen LogP contribution in [0.2, 0.25) is 0 Å². The highest BCUT2D eigenvalue weighted by Crippen LogP contribution is 2.43. The van der Waals surface area contributed by atoms with Gasteiger partial charge < -0.3 is 9.64 Å². The van der Waals surface area contributed by atoms with Crippen LogP contribution in [0.15, 0.2) is 10.9 Å². The van der Waals surface area contributed by atoms with Crippen molar-refractivity contribution in [1.82, 2.24) is 24.4 Å². The van der Waals surface area contributed by atoms with E-state index >= 15 is 0 Å². The molecule has 0 aromatic carbocycles. The monoisotopic (exact) mass is 425 g/mol. The molecule has 8 heteroatoms. The van der Waals surface area contributed by atoms with Crippen molar-refractivity contribution in [3.63, 3.8) is 0 Å². The minimum absolute atomic E-state index is 0.00898. The Kier molecular flexibility index (Phi) is 4.68. The zero-order valence-electron chi connectivity index (χ0n) is 18.2. The van der Waals surface area contributed by atoms with Crippen molar-refractivity contribution >= 4 is 11.6 Å². The number of nitrogens with one attached hydrogen (secondary N) is 1. The Morgan fingerprint density at radius 3 is 2.81 bits per heavy atom. The standard InChI is InChI=1S/C23H31N5O3/c1-14-11-16(14)22(29)27-7-2-3-20(27)19-12-21-24-18-4-8-26(15-5-9-31-10-6-15)13-17(18)23(30)28(21)25-19/h12,14-16,20,25H,2-11,13H2,1H3. The zero-order valence-corrected chi connectivity index (χ0v) is 18.2. The maximum Gasteiger partial charge on any atom is 0.277 e. The van der Waals surface area contributed by atoms with Crippen LogP contribution in [0.3, 0.4) is 0 Å². The number of hydrogen-bond donors (Lipinski definition) is 1. The van der Waals surface area contributed by atoms with E-state index in [0.29, 0.717) is 24.2 Å². The Morgan fingerprint density at radius 1 is 1.23 bits per heavy atom. The summed E-state index contributed by atoms with van der Waals surface area (Å²) in [6, 6.07) is 2.50. The molecule has 0 radical (unpaired) electrons. The van der Waals surface area contributed by atoms with Crippen molar-refractivity contribution in [1.29, 1.82) is 0 Å². The molecule has 5 heterocycles. The van der Waals surface area contributed by atoms with E-state index in [9.17, 15) is 9.59 Å². The highest BCUT2D eigenvalue weighted by Gasteiger charge is 2.44. The van der Waals surface area contributed by atoms with Crippen molar-refractivity contribution in [3.8, 4) is 0 Å². The normalized spacial score (nSPS) is 29.5. The topological polar surface area (TPSA) is 82.9 Å². The fourth-order valence-corrected chi connectivity index (χ4v) is 5.79. The van der Waals surface area contributed by atoms with Crippen LogP contribution in [0.25, 0.3) is 5.65 Å². The number of rotatable bonds is 3. The number of carbonyl (C=O) groups excluding carboxylic acids is 1. The zero-order chi connectivity index (χ0) is 21.1. The molecule has 1 saturated carbocycles. The molecule has 0 bridgehead atoms. The molecule has 1 N–H and O–H groups in total. The lowest BCUT2D eigenvalue weighted by Gasteiger charge is -2.36. The Balaban J connectivity index is 1.30. The number of amides is 1. The molecule has 6 rings (SSSR count). The highest BCUT2D eigenvalue weighted by atomic mass is 16.5. The number of aromatic nitrogens is 3. The van der Waals surface area contributed by atoms with E-state index in [1.807, 2.05) is 11.0 Å². The molecule has 3 atom stereocenters. The van der Waals surface area contributed by atoms with Gasteiger partial charge in [0.15, 0.2) is 5.65 Å². The highest BCUT2D eigenvalue weighted by molar-refractivity contribution is 5.82. The van der Waals surface area contributed by atoms with Crippen molar-refractivity contribution in [2.75, 3.05) is 26.3 Å². The third-order valence-electron chi connectivity index (χ3n) is 7.84. The quantitative estimate of drug-likeness (QED) is 0.812. The lowest BCUT2D eigenvalue weighted by molar-refractivity contribution is -0.133. The van der Waals surface area contributed by atoms with Crippen LogP contribution in [0.5, 0.6) is 0 Å². The number of hydrogen-bond acceptors (Lipinski definition) is 5. The van der Waals surface area contributed by atoms with E-state index in [0.717, 1.165) is 81.8 Å². The van der Waals surface area contributed by atoms with Crippen LogP contribution >= 0.6 is 0 Å². The molecule has 3 fully saturated rings. The van der Waals surface area contributed by atoms with Gasteiger partial charge in [0.05, 0.1) is 23.0 Å². The van der Waals surface area contributed by atoms with Crippen LogP contribution in [-0.4, -0.2) is 62.7 Å². The predicted octanol–water partition coefficient (Wildman–Crippen LogP) is 1.88. The Hall–Kier alpha value is -2.19. The third kappa shape index (κ3) is 3.31. The summed E-state index contributed by atoms with van der Waals surface area (Å²) in [5, 5.41) is 3.31. The first kappa shape index (κ1) is 19.5. The molecule has 1 aliphatic carbocycles. The Labute approximate surface area is 181 Å². The molecule has 1 amide bonds. The summed E-state index contributed by atoms with van der Waals surface area (Å²) < 4.78 is 7.10. The lowest BCUT2D eigenvalue weighted by Crippen LogP contribution is -2.44. The van der Waals surface area contributed by atoms with Gasteiger partial charge in [-0.25, -0.2) is 9.50 Å². The molecule has 2 aromatic heterocycles. The second-order valence-electron chi connectivity index (χ2n) is 9.82. The summed E-state index contributed by atoms with van der Waals surface area (Å²) in [7, 11) is 0. The fourth-order valence-electron chi connectivity index (χ4n) is 5.79. The van der Waals surface area contributed by atoms with E-state index in [-0.39, 0.29) is 23.4 Å². The van der Waals surface area contributed by atoms with E-state index in [1.165, 1.54) is 0 Å². The Bertz CT molecular complexity index is 1070. The molecule has 31 heavy (non-hydrogen) atoms. The van der Waals surface area contributed by atoms with E-state index in [1.54, 1.807) is 4.52 Å². The number of fused-ring (bicyclic) bond motifs is 2. The molecule has 8 nitrogen and oxygen atoms in total. The number of carbonyl (C=O) groups is 1. The number of ether oxygens (including phenoxy) is 1. The first-order valence-electron chi connectivity index (χ1n) is 11.9. The summed E-state index contributed by atoms with van der Waals surface area (Å²) in [6.07, 6.45) is 5.82. The summed E-state index contributed by atoms with van der Waals surface area (Å²) in [5.41, 5.74) is 3.37. The van der Waals surface area contributed by atoms with Gasteiger partial charge in [-0.05, 0) is 38.0 Å². The minimum atomic E-state index is 0.00898. The van der Waals surface area contributed by atoms with Crippen LogP contribution in [-0.2, 0) is 22.5 Å². The molecule has 4 aliphatic rings. The molecule has 3 aliphatic heterocycles. The molecule has 166 valence electrons. The average molecular weight is 426 g/mol. The van der Waals surface area contributed by atoms with Crippen molar-refractivity contribution < 1.29 is 9.53 Å². The molecule has 2 saturated heterocycles. The summed E-state index contributed by atoms with van der Waals surface area (Å²) in [6.45, 7) is 6.18. The summed E-state index contributed by atoms with van der Waals surface area (Å²) >= 11 is 0. The maximum absolute atomic E-state index is 13.4. The van der Waals surface area contributed by atoms with Crippen molar-refractivity contribution in [3.05, 3.63) is 33.4 Å².